The fourth-order valence-electron chi connectivity index (χ4n) is 3.44. The van der Waals surface area contributed by atoms with Gasteiger partial charge in [0.1, 0.15) is 5.54 Å². The second-order valence-electron chi connectivity index (χ2n) is 7.10. The molecule has 1 aliphatic rings. The zero-order valence-corrected chi connectivity index (χ0v) is 16.2. The molecule has 0 aromatic rings. The molecule has 1 amide bonds. The lowest BCUT2D eigenvalue weighted by molar-refractivity contribution is -0.151. The molecule has 0 atom stereocenters. The molecule has 0 aromatic heterocycles. The standard InChI is InChI=1S/C20H37NO4/c1-3-5-6-7-8-9-10-11-14-17-25-18(22)20(15-12-13-16-20)21-19(23)24-4-2/h3-17H2,1-2H3,(H,21,23). The largest absolute Gasteiger partial charge is 0.464 e. The quantitative estimate of drug-likeness (QED) is 0.368. The lowest BCUT2D eigenvalue weighted by Crippen LogP contribution is -2.53. The van der Waals surface area contributed by atoms with Crippen molar-refractivity contribution in [2.45, 2.75) is 103 Å². The van der Waals surface area contributed by atoms with Gasteiger partial charge in [-0.2, -0.15) is 0 Å². The summed E-state index contributed by atoms with van der Waals surface area (Å²) in [5, 5.41) is 2.74. The molecule has 0 radical (unpaired) electrons. The monoisotopic (exact) mass is 355 g/mol. The molecule has 1 fully saturated rings. The van der Waals surface area contributed by atoms with Crippen molar-refractivity contribution in [2.75, 3.05) is 13.2 Å². The highest BCUT2D eigenvalue weighted by molar-refractivity contribution is 5.86. The number of rotatable bonds is 13. The summed E-state index contributed by atoms with van der Waals surface area (Å²) in [6.07, 6.45) is 13.7. The molecule has 5 heteroatoms. The van der Waals surface area contributed by atoms with Crippen molar-refractivity contribution in [2.24, 2.45) is 0 Å². The number of nitrogens with one attached hydrogen (secondary N) is 1. The Morgan fingerprint density at radius 2 is 1.40 bits per heavy atom. The molecule has 1 aliphatic carbocycles. The third kappa shape index (κ3) is 8.59. The van der Waals surface area contributed by atoms with E-state index in [2.05, 4.69) is 12.2 Å². The van der Waals surface area contributed by atoms with Crippen LogP contribution in [0.2, 0.25) is 0 Å². The number of hydrogen-bond acceptors (Lipinski definition) is 4. The first-order chi connectivity index (χ1) is 12.1. The maximum absolute atomic E-state index is 12.5. The summed E-state index contributed by atoms with van der Waals surface area (Å²) in [4.78, 5) is 24.2. The van der Waals surface area contributed by atoms with Crippen LogP contribution < -0.4 is 5.32 Å². The van der Waals surface area contributed by atoms with Gasteiger partial charge >= 0.3 is 12.1 Å². The maximum Gasteiger partial charge on any atom is 0.408 e. The van der Waals surface area contributed by atoms with Crippen molar-refractivity contribution < 1.29 is 19.1 Å². The summed E-state index contributed by atoms with van der Waals surface area (Å²) >= 11 is 0. The van der Waals surface area contributed by atoms with Crippen LogP contribution >= 0.6 is 0 Å². The van der Waals surface area contributed by atoms with Crippen LogP contribution in [0.15, 0.2) is 0 Å². The summed E-state index contributed by atoms with van der Waals surface area (Å²) in [7, 11) is 0. The van der Waals surface area contributed by atoms with Crippen molar-refractivity contribution in [3.63, 3.8) is 0 Å². The van der Waals surface area contributed by atoms with Gasteiger partial charge in [0.2, 0.25) is 0 Å². The number of ether oxygens (including phenoxy) is 2. The Labute approximate surface area is 153 Å². The van der Waals surface area contributed by atoms with Gasteiger partial charge in [-0.1, -0.05) is 71.1 Å². The second-order valence-corrected chi connectivity index (χ2v) is 7.10. The van der Waals surface area contributed by atoms with Gasteiger partial charge in [-0.3, -0.25) is 0 Å². The topological polar surface area (TPSA) is 64.6 Å². The number of alkyl carbamates (subject to hydrolysis) is 1. The van der Waals surface area contributed by atoms with E-state index in [0.29, 0.717) is 26.1 Å². The lowest BCUT2D eigenvalue weighted by atomic mass is 9.98. The van der Waals surface area contributed by atoms with Gasteiger partial charge in [0.05, 0.1) is 13.2 Å². The van der Waals surface area contributed by atoms with Gasteiger partial charge in [-0.25, -0.2) is 9.59 Å². The van der Waals surface area contributed by atoms with Gasteiger partial charge in [0, 0.05) is 0 Å². The second kappa shape index (κ2) is 13.0. The van der Waals surface area contributed by atoms with Crippen LogP contribution in [0.3, 0.4) is 0 Å². The molecular weight excluding hydrogens is 318 g/mol. The number of carbonyl (C=O) groups excluding carboxylic acids is 2. The zero-order chi connectivity index (χ0) is 18.4. The van der Waals surface area contributed by atoms with Crippen LogP contribution in [0.4, 0.5) is 4.79 Å². The van der Waals surface area contributed by atoms with E-state index in [-0.39, 0.29) is 5.97 Å². The smallest absolute Gasteiger partial charge is 0.408 e. The minimum absolute atomic E-state index is 0.294. The molecule has 146 valence electrons. The Bertz CT molecular complexity index is 378. The van der Waals surface area contributed by atoms with Crippen molar-refractivity contribution in [1.29, 1.82) is 0 Å². The average molecular weight is 356 g/mol. The molecule has 5 nitrogen and oxygen atoms in total. The van der Waals surface area contributed by atoms with E-state index in [9.17, 15) is 9.59 Å². The number of unbranched alkanes of at least 4 members (excludes halogenated alkanes) is 8. The molecule has 25 heavy (non-hydrogen) atoms. The SMILES string of the molecule is CCCCCCCCCCCOC(=O)C1(NC(=O)OCC)CCCC1. The highest BCUT2D eigenvalue weighted by Gasteiger charge is 2.44. The van der Waals surface area contributed by atoms with E-state index < -0.39 is 11.6 Å². The molecule has 1 rings (SSSR count). The van der Waals surface area contributed by atoms with Crippen molar-refractivity contribution in [1.82, 2.24) is 5.32 Å². The van der Waals surface area contributed by atoms with Crippen LogP contribution in [-0.2, 0) is 14.3 Å². The Morgan fingerprint density at radius 3 is 1.96 bits per heavy atom. The van der Waals surface area contributed by atoms with E-state index in [1.54, 1.807) is 6.92 Å². The summed E-state index contributed by atoms with van der Waals surface area (Å²) < 4.78 is 10.4. The first-order valence-electron chi connectivity index (χ1n) is 10.3. The Kier molecular flexibility index (Phi) is 11.3. The number of hydrogen-bond donors (Lipinski definition) is 1. The molecule has 0 unspecified atom stereocenters. The Morgan fingerprint density at radius 1 is 0.840 bits per heavy atom. The van der Waals surface area contributed by atoms with Crippen LogP contribution in [0, 0.1) is 0 Å². The van der Waals surface area contributed by atoms with Crippen molar-refractivity contribution in [3.05, 3.63) is 0 Å². The van der Waals surface area contributed by atoms with Gasteiger partial charge in [-0.05, 0) is 26.2 Å². The Hall–Kier alpha value is -1.26. The predicted molar refractivity (Wildman–Crippen MR) is 99.5 cm³/mol. The minimum Gasteiger partial charge on any atom is -0.464 e. The first-order valence-corrected chi connectivity index (χ1v) is 10.3. The van der Waals surface area contributed by atoms with Gasteiger partial charge in [0.15, 0.2) is 0 Å². The van der Waals surface area contributed by atoms with Crippen molar-refractivity contribution in [3.8, 4) is 0 Å². The summed E-state index contributed by atoms with van der Waals surface area (Å²) in [5.74, 6) is -0.294. The fourth-order valence-corrected chi connectivity index (χ4v) is 3.44. The molecule has 1 saturated carbocycles. The number of amides is 1. The summed E-state index contributed by atoms with van der Waals surface area (Å²) in [6, 6.07) is 0. The van der Waals surface area contributed by atoms with E-state index >= 15 is 0 Å². The fraction of sp³-hybridized carbons (Fsp3) is 0.900. The summed E-state index contributed by atoms with van der Waals surface area (Å²) in [6.45, 7) is 4.73. The average Bonchev–Trinajstić information content (AvgIpc) is 3.06. The highest BCUT2D eigenvalue weighted by Crippen LogP contribution is 2.31. The normalized spacial score (nSPS) is 15.8. The van der Waals surface area contributed by atoms with Crippen LogP contribution in [0.25, 0.3) is 0 Å². The van der Waals surface area contributed by atoms with E-state index in [1.165, 1.54) is 44.9 Å². The molecule has 0 spiro atoms. The van der Waals surface area contributed by atoms with Gasteiger partial charge in [0.25, 0.3) is 0 Å². The summed E-state index contributed by atoms with van der Waals surface area (Å²) in [5.41, 5.74) is -0.870. The molecule has 0 heterocycles. The van der Waals surface area contributed by atoms with E-state index in [4.69, 9.17) is 9.47 Å². The molecule has 0 aliphatic heterocycles. The van der Waals surface area contributed by atoms with Gasteiger partial charge in [-0.15, -0.1) is 0 Å². The number of esters is 1. The molecule has 0 bridgehead atoms. The molecule has 1 N–H and O–H groups in total. The molecule has 0 aromatic carbocycles. The first kappa shape index (κ1) is 21.8. The van der Waals surface area contributed by atoms with E-state index in [1.807, 2.05) is 0 Å². The highest BCUT2D eigenvalue weighted by atomic mass is 16.6. The zero-order valence-electron chi connectivity index (χ0n) is 16.2. The van der Waals surface area contributed by atoms with Crippen LogP contribution in [0.5, 0.6) is 0 Å². The predicted octanol–water partition coefficient (Wildman–Crippen LogP) is 5.12. The minimum atomic E-state index is -0.870. The van der Waals surface area contributed by atoms with E-state index in [0.717, 1.165) is 25.7 Å². The Balaban J connectivity index is 2.15. The number of carbonyl (C=O) groups is 2. The van der Waals surface area contributed by atoms with Crippen LogP contribution in [0.1, 0.15) is 97.3 Å². The lowest BCUT2D eigenvalue weighted by Gasteiger charge is -2.27. The third-order valence-electron chi connectivity index (χ3n) is 4.95. The van der Waals surface area contributed by atoms with Crippen LogP contribution in [-0.4, -0.2) is 30.8 Å². The maximum atomic E-state index is 12.5. The third-order valence-corrected chi connectivity index (χ3v) is 4.95. The molecule has 0 saturated heterocycles. The van der Waals surface area contributed by atoms with Gasteiger partial charge < -0.3 is 14.8 Å². The van der Waals surface area contributed by atoms with Crippen molar-refractivity contribution >= 4 is 12.1 Å². The molecular formula is C20H37NO4.